The average Bonchev–Trinajstić information content (AvgIpc) is 2.46. The van der Waals surface area contributed by atoms with Gasteiger partial charge in [0.1, 0.15) is 5.75 Å². The van der Waals surface area contributed by atoms with E-state index in [-0.39, 0.29) is 17.7 Å². The molecular formula is C17H16BrNO2. The molecule has 0 aliphatic carbocycles. The molecule has 1 fully saturated rings. The van der Waals surface area contributed by atoms with Crippen LogP contribution in [0.4, 0.5) is 5.69 Å². The van der Waals surface area contributed by atoms with Gasteiger partial charge in [0.25, 0.3) is 0 Å². The number of β-lactam (4-membered cyclic amide) rings is 1. The monoisotopic (exact) mass is 345 g/mol. The quantitative estimate of drug-likeness (QED) is 0.825. The maximum Gasteiger partial charge on any atom is 0.235 e. The lowest BCUT2D eigenvalue weighted by Gasteiger charge is -2.53. The first-order chi connectivity index (χ1) is 9.93. The van der Waals surface area contributed by atoms with Crippen molar-refractivity contribution in [3.8, 4) is 5.75 Å². The number of halogens is 1. The van der Waals surface area contributed by atoms with Crippen LogP contribution in [0.15, 0.2) is 53.0 Å². The fraction of sp³-hybridized carbons (Fsp3) is 0.235. The van der Waals surface area contributed by atoms with Gasteiger partial charge in [0.05, 0.1) is 11.5 Å². The molecule has 108 valence electrons. The standard InChI is InChI=1S/C17H16BrNO2/c1-17(2)15(13-5-3-4-6-14(13)20)19(16(17)21)12-9-7-11(18)8-10-12/h3-10,15,20H,1-2H3/t15-/m0/s1. The highest BCUT2D eigenvalue weighted by Gasteiger charge is 2.56. The molecule has 1 heterocycles. The molecule has 3 nitrogen and oxygen atoms in total. The van der Waals surface area contributed by atoms with Gasteiger partial charge in [0.2, 0.25) is 5.91 Å². The molecule has 1 aliphatic rings. The third-order valence-corrected chi connectivity index (χ3v) is 4.58. The van der Waals surface area contributed by atoms with Gasteiger partial charge in [-0.25, -0.2) is 0 Å². The Kier molecular flexibility index (Phi) is 3.29. The van der Waals surface area contributed by atoms with Gasteiger partial charge in [-0.3, -0.25) is 4.79 Å². The van der Waals surface area contributed by atoms with E-state index in [0.29, 0.717) is 0 Å². The van der Waals surface area contributed by atoms with Crippen molar-refractivity contribution in [3.05, 3.63) is 58.6 Å². The molecule has 2 aromatic rings. The highest BCUT2D eigenvalue weighted by atomic mass is 79.9. The highest BCUT2D eigenvalue weighted by Crippen LogP contribution is 2.53. The second-order valence-corrected chi connectivity index (χ2v) is 6.75. The van der Waals surface area contributed by atoms with Crippen molar-refractivity contribution in [3.63, 3.8) is 0 Å². The number of hydrogen-bond donors (Lipinski definition) is 1. The summed E-state index contributed by atoms with van der Waals surface area (Å²) in [5, 5.41) is 10.1. The summed E-state index contributed by atoms with van der Waals surface area (Å²) in [6.07, 6.45) is 0. The summed E-state index contributed by atoms with van der Waals surface area (Å²) >= 11 is 3.40. The first kappa shape index (κ1) is 14.1. The molecule has 0 bridgehead atoms. The van der Waals surface area contributed by atoms with Gasteiger partial charge < -0.3 is 10.0 Å². The Morgan fingerprint density at radius 3 is 2.33 bits per heavy atom. The summed E-state index contributed by atoms with van der Waals surface area (Å²) in [6.45, 7) is 3.84. The van der Waals surface area contributed by atoms with E-state index in [9.17, 15) is 9.90 Å². The summed E-state index contributed by atoms with van der Waals surface area (Å²) in [7, 11) is 0. The minimum Gasteiger partial charge on any atom is -0.508 e. The molecule has 1 aliphatic heterocycles. The lowest BCUT2D eigenvalue weighted by Crippen LogP contribution is -2.61. The van der Waals surface area contributed by atoms with Crippen molar-refractivity contribution in [1.82, 2.24) is 0 Å². The Morgan fingerprint density at radius 2 is 1.71 bits per heavy atom. The summed E-state index contributed by atoms with van der Waals surface area (Å²) in [5.41, 5.74) is 1.10. The van der Waals surface area contributed by atoms with E-state index in [0.717, 1.165) is 15.7 Å². The van der Waals surface area contributed by atoms with Crippen LogP contribution in [-0.4, -0.2) is 11.0 Å². The number of benzene rings is 2. The minimum atomic E-state index is -0.522. The number of carbonyl (C=O) groups is 1. The van der Waals surface area contributed by atoms with Crippen LogP contribution in [0, 0.1) is 5.41 Å². The molecule has 0 aromatic heterocycles. The van der Waals surface area contributed by atoms with E-state index in [1.54, 1.807) is 17.0 Å². The van der Waals surface area contributed by atoms with Crippen LogP contribution < -0.4 is 4.90 Å². The van der Waals surface area contributed by atoms with Gasteiger partial charge in [-0.15, -0.1) is 0 Å². The number of hydrogen-bond acceptors (Lipinski definition) is 2. The zero-order chi connectivity index (χ0) is 15.2. The molecule has 3 rings (SSSR count). The van der Waals surface area contributed by atoms with E-state index in [2.05, 4.69) is 15.9 Å². The molecule has 2 aromatic carbocycles. The number of carbonyl (C=O) groups excluding carboxylic acids is 1. The average molecular weight is 346 g/mol. The summed E-state index contributed by atoms with van der Waals surface area (Å²) in [6, 6.07) is 14.7. The van der Waals surface area contributed by atoms with Crippen LogP contribution in [0.1, 0.15) is 25.5 Å². The second-order valence-electron chi connectivity index (χ2n) is 5.83. The lowest BCUT2D eigenvalue weighted by molar-refractivity contribution is -0.137. The number of rotatable bonds is 2. The maximum atomic E-state index is 12.5. The number of phenolic OH excluding ortho intramolecular Hbond substituents is 1. The summed E-state index contributed by atoms with van der Waals surface area (Å²) < 4.78 is 0.970. The molecular weight excluding hydrogens is 330 g/mol. The number of phenols is 1. The van der Waals surface area contributed by atoms with E-state index >= 15 is 0 Å². The van der Waals surface area contributed by atoms with Crippen molar-refractivity contribution in [2.45, 2.75) is 19.9 Å². The smallest absolute Gasteiger partial charge is 0.235 e. The molecule has 1 amide bonds. The van der Waals surface area contributed by atoms with Crippen LogP contribution in [0.2, 0.25) is 0 Å². The van der Waals surface area contributed by atoms with Crippen LogP contribution in [-0.2, 0) is 4.79 Å². The van der Waals surface area contributed by atoms with Gasteiger partial charge in [0.15, 0.2) is 0 Å². The fourth-order valence-electron chi connectivity index (χ4n) is 2.92. The summed E-state index contributed by atoms with van der Waals surface area (Å²) in [4.78, 5) is 14.2. The van der Waals surface area contributed by atoms with Crippen LogP contribution in [0.3, 0.4) is 0 Å². The van der Waals surface area contributed by atoms with Gasteiger partial charge in [-0.1, -0.05) is 34.1 Å². The van der Waals surface area contributed by atoms with E-state index in [4.69, 9.17) is 0 Å². The van der Waals surface area contributed by atoms with Crippen LogP contribution >= 0.6 is 15.9 Å². The molecule has 21 heavy (non-hydrogen) atoms. The molecule has 1 saturated heterocycles. The molecule has 1 N–H and O–H groups in total. The van der Waals surface area contributed by atoms with Gasteiger partial charge in [0, 0.05) is 15.7 Å². The first-order valence-corrected chi connectivity index (χ1v) is 7.59. The Bertz CT molecular complexity index is 694. The number of para-hydroxylation sites is 1. The predicted molar refractivity (Wildman–Crippen MR) is 86.3 cm³/mol. The van der Waals surface area contributed by atoms with E-state index in [1.165, 1.54) is 0 Å². The number of aromatic hydroxyl groups is 1. The van der Waals surface area contributed by atoms with E-state index < -0.39 is 5.41 Å². The number of nitrogens with zero attached hydrogens (tertiary/aromatic N) is 1. The maximum absolute atomic E-state index is 12.5. The zero-order valence-corrected chi connectivity index (χ0v) is 13.5. The minimum absolute atomic E-state index is 0.0677. The Balaban J connectivity index is 2.06. The molecule has 1 atom stereocenters. The van der Waals surface area contributed by atoms with Gasteiger partial charge >= 0.3 is 0 Å². The van der Waals surface area contributed by atoms with Crippen LogP contribution in [0.25, 0.3) is 0 Å². The van der Waals surface area contributed by atoms with Crippen molar-refractivity contribution in [2.24, 2.45) is 5.41 Å². The van der Waals surface area contributed by atoms with Crippen molar-refractivity contribution < 1.29 is 9.90 Å². The predicted octanol–water partition coefficient (Wildman–Crippen LogP) is 4.27. The molecule has 0 unspecified atom stereocenters. The highest BCUT2D eigenvalue weighted by molar-refractivity contribution is 9.10. The van der Waals surface area contributed by atoms with E-state index in [1.807, 2.05) is 50.2 Å². The van der Waals surface area contributed by atoms with Gasteiger partial charge in [-0.05, 0) is 44.2 Å². The molecule has 0 radical (unpaired) electrons. The summed E-state index contributed by atoms with van der Waals surface area (Å²) in [5.74, 6) is 0.295. The largest absolute Gasteiger partial charge is 0.508 e. The second kappa shape index (κ2) is 4.88. The lowest BCUT2D eigenvalue weighted by atomic mass is 9.70. The van der Waals surface area contributed by atoms with Gasteiger partial charge in [-0.2, -0.15) is 0 Å². The number of anilines is 1. The Labute approximate surface area is 132 Å². The normalized spacial score (nSPS) is 20.2. The van der Waals surface area contributed by atoms with Crippen LogP contribution in [0.5, 0.6) is 5.75 Å². The topological polar surface area (TPSA) is 40.5 Å². The zero-order valence-electron chi connectivity index (χ0n) is 11.9. The fourth-order valence-corrected chi connectivity index (χ4v) is 3.18. The Morgan fingerprint density at radius 1 is 1.10 bits per heavy atom. The SMILES string of the molecule is CC1(C)C(=O)N(c2ccc(Br)cc2)[C@H]1c1ccccc1O. The third-order valence-electron chi connectivity index (χ3n) is 4.05. The van der Waals surface area contributed by atoms with Crippen molar-refractivity contribution in [2.75, 3.05) is 4.90 Å². The molecule has 4 heteroatoms. The molecule has 0 saturated carbocycles. The van der Waals surface area contributed by atoms with Crippen molar-refractivity contribution >= 4 is 27.5 Å². The number of amides is 1. The third kappa shape index (κ3) is 2.14. The molecule has 0 spiro atoms. The Hall–Kier alpha value is -1.81. The van der Waals surface area contributed by atoms with Crippen molar-refractivity contribution in [1.29, 1.82) is 0 Å². The first-order valence-electron chi connectivity index (χ1n) is 6.80.